The second-order valence-corrected chi connectivity index (χ2v) is 10.5. The van der Waals surface area contributed by atoms with Gasteiger partial charge in [0, 0.05) is 26.2 Å². The minimum Gasteiger partial charge on any atom is -0.336 e. The summed E-state index contributed by atoms with van der Waals surface area (Å²) in [7, 11) is 1.94. The van der Waals surface area contributed by atoms with E-state index >= 15 is 0 Å². The summed E-state index contributed by atoms with van der Waals surface area (Å²) >= 11 is 0. The van der Waals surface area contributed by atoms with Gasteiger partial charge < -0.3 is 14.4 Å². The molecule has 3 aliphatic rings. The van der Waals surface area contributed by atoms with E-state index in [1.54, 1.807) is 4.90 Å². The zero-order chi connectivity index (χ0) is 22.4. The molecule has 0 bridgehead atoms. The maximum Gasteiger partial charge on any atom is 0.290 e. The summed E-state index contributed by atoms with van der Waals surface area (Å²) in [6, 6.07) is 4.91. The Labute approximate surface area is 191 Å². The Kier molecular flexibility index (Phi) is 5.72. The second kappa shape index (κ2) is 8.53. The van der Waals surface area contributed by atoms with E-state index in [1.807, 2.05) is 16.5 Å². The number of benzene rings is 1. The Morgan fingerprint density at radius 1 is 1.09 bits per heavy atom. The molecular weight excluding hydrogens is 400 g/mol. The normalized spacial score (nSPS) is 20.6. The number of nitrogens with zero attached hydrogens (tertiary/aromatic N) is 4. The molecule has 1 aromatic heterocycles. The number of piperazine rings is 1. The number of amides is 2. The molecule has 0 radical (unpaired) electrons. The van der Waals surface area contributed by atoms with Crippen molar-refractivity contribution in [2.45, 2.75) is 77.2 Å². The van der Waals surface area contributed by atoms with Crippen LogP contribution in [0.15, 0.2) is 12.1 Å². The van der Waals surface area contributed by atoms with Crippen LogP contribution in [0, 0.1) is 5.92 Å². The van der Waals surface area contributed by atoms with Crippen molar-refractivity contribution in [3.63, 3.8) is 0 Å². The highest BCUT2D eigenvalue weighted by atomic mass is 16.2. The summed E-state index contributed by atoms with van der Waals surface area (Å²) in [4.78, 5) is 34.9. The van der Waals surface area contributed by atoms with Crippen LogP contribution in [-0.2, 0) is 18.3 Å². The van der Waals surface area contributed by atoms with Crippen molar-refractivity contribution in [2.24, 2.45) is 13.0 Å². The average molecular weight is 437 g/mol. The number of carbonyl (C=O) groups excluding carboxylic acids is 2. The Hall–Kier alpha value is -2.37. The van der Waals surface area contributed by atoms with E-state index in [4.69, 9.17) is 4.98 Å². The molecule has 2 saturated carbocycles. The molecule has 2 aromatic rings. The molecule has 6 heteroatoms. The van der Waals surface area contributed by atoms with Crippen LogP contribution in [0.25, 0.3) is 11.0 Å². The molecule has 6 nitrogen and oxygen atoms in total. The first-order valence-corrected chi connectivity index (χ1v) is 12.5. The van der Waals surface area contributed by atoms with Crippen LogP contribution >= 0.6 is 0 Å². The van der Waals surface area contributed by atoms with Crippen LogP contribution in [0.3, 0.4) is 0 Å². The monoisotopic (exact) mass is 436 g/mol. The molecule has 3 fully saturated rings. The Morgan fingerprint density at radius 2 is 1.84 bits per heavy atom. The predicted molar refractivity (Wildman–Crippen MR) is 126 cm³/mol. The lowest BCUT2D eigenvalue weighted by molar-refractivity contribution is -0.138. The highest BCUT2D eigenvalue weighted by Crippen LogP contribution is 2.42. The number of hydrogen-bond donors (Lipinski definition) is 0. The summed E-state index contributed by atoms with van der Waals surface area (Å²) in [5.74, 6) is 1.61. The lowest BCUT2D eigenvalue weighted by Crippen LogP contribution is -2.56. The standard InChI is InChI=1S/C26H36N4O2/c1-17(2)13-20-14-19(18-9-10-18)15-22-24(20)27-25(28(22)3)26(32)29-11-12-30(23(31)16-29)21-7-5-4-6-8-21/h14-15,17-18,21H,4-13,16H2,1-3H3. The van der Waals surface area contributed by atoms with E-state index in [2.05, 4.69) is 26.0 Å². The molecule has 0 atom stereocenters. The molecule has 32 heavy (non-hydrogen) atoms. The molecule has 5 rings (SSSR count). The summed E-state index contributed by atoms with van der Waals surface area (Å²) in [5, 5.41) is 0. The number of rotatable bonds is 5. The van der Waals surface area contributed by atoms with Gasteiger partial charge in [-0.05, 0) is 61.1 Å². The third-order valence-electron chi connectivity index (χ3n) is 7.52. The van der Waals surface area contributed by atoms with Crippen LogP contribution in [0.5, 0.6) is 0 Å². The lowest BCUT2D eigenvalue weighted by Gasteiger charge is -2.40. The fourth-order valence-corrected chi connectivity index (χ4v) is 5.60. The van der Waals surface area contributed by atoms with Crippen molar-refractivity contribution in [2.75, 3.05) is 19.6 Å². The van der Waals surface area contributed by atoms with E-state index in [1.165, 1.54) is 43.2 Å². The zero-order valence-electron chi connectivity index (χ0n) is 19.8. The first-order chi connectivity index (χ1) is 15.4. The molecule has 1 aliphatic heterocycles. The minimum absolute atomic E-state index is 0.0896. The number of aryl methyl sites for hydroxylation is 1. The summed E-state index contributed by atoms with van der Waals surface area (Å²) in [6.07, 6.45) is 9.36. The predicted octanol–water partition coefficient (Wildman–Crippen LogP) is 4.27. The van der Waals surface area contributed by atoms with Crippen LogP contribution in [0.4, 0.5) is 0 Å². The van der Waals surface area contributed by atoms with Gasteiger partial charge in [-0.1, -0.05) is 39.2 Å². The molecule has 2 aliphatic carbocycles. The van der Waals surface area contributed by atoms with Gasteiger partial charge in [-0.25, -0.2) is 4.98 Å². The third kappa shape index (κ3) is 4.04. The quantitative estimate of drug-likeness (QED) is 0.703. The van der Waals surface area contributed by atoms with Gasteiger partial charge in [0.05, 0.1) is 11.0 Å². The van der Waals surface area contributed by atoms with Crippen molar-refractivity contribution in [3.05, 3.63) is 29.1 Å². The molecule has 0 unspecified atom stereocenters. The Morgan fingerprint density at radius 3 is 2.50 bits per heavy atom. The van der Waals surface area contributed by atoms with Crippen LogP contribution < -0.4 is 0 Å². The molecule has 1 saturated heterocycles. The number of aromatic nitrogens is 2. The lowest BCUT2D eigenvalue weighted by atomic mass is 9.93. The average Bonchev–Trinajstić information content (AvgIpc) is 3.57. The maximum atomic E-state index is 13.5. The Bertz CT molecular complexity index is 1030. The van der Waals surface area contributed by atoms with Gasteiger partial charge in [-0.15, -0.1) is 0 Å². The molecule has 1 aromatic carbocycles. The van der Waals surface area contributed by atoms with Gasteiger partial charge in [0.2, 0.25) is 5.91 Å². The van der Waals surface area contributed by atoms with E-state index < -0.39 is 0 Å². The molecular formula is C26H36N4O2. The molecule has 2 heterocycles. The zero-order valence-corrected chi connectivity index (χ0v) is 19.8. The van der Waals surface area contributed by atoms with E-state index in [-0.39, 0.29) is 18.4 Å². The SMILES string of the molecule is CC(C)Cc1cc(C2CC2)cc2c1nc(C(=O)N1CCN(C3CCCCC3)C(=O)C1)n2C. The fraction of sp³-hybridized carbons (Fsp3) is 0.654. The minimum atomic E-state index is -0.121. The van der Waals surface area contributed by atoms with Gasteiger partial charge in [0.1, 0.15) is 6.54 Å². The van der Waals surface area contributed by atoms with Crippen molar-refractivity contribution in [1.82, 2.24) is 19.4 Å². The summed E-state index contributed by atoms with van der Waals surface area (Å²) in [5.41, 5.74) is 4.61. The molecule has 0 spiro atoms. The number of imidazole rings is 1. The molecule has 172 valence electrons. The molecule has 0 N–H and O–H groups in total. The van der Waals surface area contributed by atoms with E-state index in [9.17, 15) is 9.59 Å². The van der Waals surface area contributed by atoms with E-state index in [0.717, 1.165) is 30.3 Å². The highest BCUT2D eigenvalue weighted by Gasteiger charge is 2.34. The fourth-order valence-electron chi connectivity index (χ4n) is 5.60. The van der Waals surface area contributed by atoms with Crippen LogP contribution in [-0.4, -0.2) is 56.8 Å². The van der Waals surface area contributed by atoms with Crippen LogP contribution in [0.2, 0.25) is 0 Å². The van der Waals surface area contributed by atoms with Crippen molar-refractivity contribution in [1.29, 1.82) is 0 Å². The van der Waals surface area contributed by atoms with Crippen molar-refractivity contribution < 1.29 is 9.59 Å². The smallest absolute Gasteiger partial charge is 0.290 e. The van der Waals surface area contributed by atoms with Gasteiger partial charge in [0.25, 0.3) is 5.91 Å². The first-order valence-electron chi connectivity index (χ1n) is 12.5. The van der Waals surface area contributed by atoms with E-state index in [0.29, 0.717) is 36.8 Å². The van der Waals surface area contributed by atoms with Gasteiger partial charge >= 0.3 is 0 Å². The van der Waals surface area contributed by atoms with Crippen LogP contribution in [0.1, 0.15) is 86.5 Å². The largest absolute Gasteiger partial charge is 0.336 e. The highest BCUT2D eigenvalue weighted by molar-refractivity contribution is 5.98. The van der Waals surface area contributed by atoms with Gasteiger partial charge in [-0.3, -0.25) is 9.59 Å². The Balaban J connectivity index is 1.40. The second-order valence-electron chi connectivity index (χ2n) is 10.5. The van der Waals surface area contributed by atoms with Crippen molar-refractivity contribution in [3.8, 4) is 0 Å². The number of hydrogen-bond acceptors (Lipinski definition) is 3. The van der Waals surface area contributed by atoms with Gasteiger partial charge in [0.15, 0.2) is 5.82 Å². The number of carbonyl (C=O) groups is 2. The first kappa shape index (κ1) is 21.5. The maximum absolute atomic E-state index is 13.5. The number of fused-ring (bicyclic) bond motifs is 1. The summed E-state index contributed by atoms with van der Waals surface area (Å²) in [6.45, 7) is 5.86. The molecule has 2 amide bonds. The van der Waals surface area contributed by atoms with Gasteiger partial charge in [-0.2, -0.15) is 0 Å². The summed E-state index contributed by atoms with van der Waals surface area (Å²) < 4.78 is 1.95. The topological polar surface area (TPSA) is 58.4 Å². The van der Waals surface area contributed by atoms with Crippen molar-refractivity contribution >= 4 is 22.8 Å². The third-order valence-corrected chi connectivity index (χ3v) is 7.52.